The predicted molar refractivity (Wildman–Crippen MR) is 195 cm³/mol. The Labute approximate surface area is 293 Å². The lowest BCUT2D eigenvalue weighted by Crippen LogP contribution is -2.29. The molecule has 0 amide bonds. The van der Waals surface area contributed by atoms with Crippen molar-refractivity contribution < 1.29 is 23.0 Å². The van der Waals surface area contributed by atoms with Gasteiger partial charge in [-0.25, -0.2) is 17.8 Å². The fourth-order valence-corrected chi connectivity index (χ4v) is 6.98. The van der Waals surface area contributed by atoms with Crippen LogP contribution in [0.4, 0.5) is 21.8 Å². The molecule has 3 aromatic carbocycles. The zero-order valence-electron chi connectivity index (χ0n) is 28.4. The van der Waals surface area contributed by atoms with Crippen LogP contribution in [0.2, 0.25) is 0 Å². The van der Waals surface area contributed by atoms with Crippen LogP contribution >= 0.6 is 0 Å². The normalized spacial score (nSPS) is 16.8. The van der Waals surface area contributed by atoms with Gasteiger partial charge in [0.05, 0.1) is 28.0 Å². The predicted octanol–water partition coefficient (Wildman–Crippen LogP) is 5.61. The fourth-order valence-electron chi connectivity index (χ4n) is 5.79. The minimum Gasteiger partial charge on any atom is -0.393 e. The number of unbranched alkanes of at least 4 members (excludes halogenated alkanes) is 1. The number of aliphatic hydroxyl groups is 2. The summed E-state index contributed by atoms with van der Waals surface area (Å²) in [5.74, 6) is 0.700. The number of benzene rings is 3. The van der Waals surface area contributed by atoms with Crippen molar-refractivity contribution in [1.29, 1.82) is 5.41 Å². The molecule has 5 rings (SSSR count). The van der Waals surface area contributed by atoms with E-state index in [1.54, 1.807) is 54.7 Å². The van der Waals surface area contributed by atoms with E-state index in [4.69, 9.17) is 10.4 Å². The molecule has 1 unspecified atom stereocenters. The van der Waals surface area contributed by atoms with Crippen molar-refractivity contribution in [3.8, 4) is 0 Å². The number of hydrogen-bond donors (Lipinski definition) is 6. The van der Waals surface area contributed by atoms with Crippen LogP contribution in [0.25, 0.3) is 0 Å². The van der Waals surface area contributed by atoms with Crippen molar-refractivity contribution in [1.82, 2.24) is 15.3 Å². The van der Waals surface area contributed by atoms with Crippen LogP contribution in [-0.2, 0) is 16.4 Å². The van der Waals surface area contributed by atoms with Crippen LogP contribution in [-0.4, -0.2) is 66.6 Å². The monoisotopic (exact) mass is 703 g/mol. The average Bonchev–Trinajstić information content (AvgIpc) is 3.13. The summed E-state index contributed by atoms with van der Waals surface area (Å²) in [7, 11) is -2.47. The number of aliphatic hydroxyl groups excluding tert-OH is 2. The molecule has 1 saturated carbocycles. The van der Waals surface area contributed by atoms with E-state index in [1.165, 1.54) is 35.6 Å². The van der Waals surface area contributed by atoms with Crippen LogP contribution < -0.4 is 20.3 Å². The highest BCUT2D eigenvalue weighted by atomic mass is 32.2. The summed E-state index contributed by atoms with van der Waals surface area (Å²) in [6, 6.07) is 19.1. The fraction of sp³-hybridized carbons (Fsp3) is 0.378. The highest BCUT2D eigenvalue weighted by molar-refractivity contribution is 7.92. The van der Waals surface area contributed by atoms with Gasteiger partial charge in [-0.3, -0.25) is 15.0 Å². The summed E-state index contributed by atoms with van der Waals surface area (Å²) >= 11 is 0. The molecular weight excluding hydrogens is 658 g/mol. The summed E-state index contributed by atoms with van der Waals surface area (Å²) in [6.07, 6.45) is 5.95. The van der Waals surface area contributed by atoms with Gasteiger partial charge in [-0.1, -0.05) is 49.7 Å². The summed E-state index contributed by atoms with van der Waals surface area (Å²) in [5, 5.41) is 39.3. The van der Waals surface area contributed by atoms with E-state index in [9.17, 15) is 23.0 Å². The molecule has 50 heavy (non-hydrogen) atoms. The van der Waals surface area contributed by atoms with E-state index in [0.29, 0.717) is 60.0 Å². The molecule has 1 heterocycles. The molecule has 1 atom stereocenters. The van der Waals surface area contributed by atoms with Gasteiger partial charge in [-0.05, 0) is 86.1 Å². The second kappa shape index (κ2) is 17.0. The van der Waals surface area contributed by atoms with Gasteiger partial charge in [0.2, 0.25) is 5.95 Å². The molecule has 0 aliphatic heterocycles. The van der Waals surface area contributed by atoms with Crippen molar-refractivity contribution in [2.24, 2.45) is 0 Å². The maximum atomic E-state index is 13.6. The third kappa shape index (κ3) is 9.42. The van der Waals surface area contributed by atoms with Gasteiger partial charge in [0, 0.05) is 37.9 Å². The third-order valence-corrected chi connectivity index (χ3v) is 10.7. The summed E-state index contributed by atoms with van der Waals surface area (Å²) in [6.45, 7) is 3.31. The maximum absolute atomic E-state index is 13.6. The van der Waals surface area contributed by atoms with Crippen LogP contribution in [0.3, 0.4) is 0 Å². The molecule has 0 saturated heterocycles. The van der Waals surface area contributed by atoms with Gasteiger partial charge in [0.15, 0.2) is 0 Å². The van der Waals surface area contributed by atoms with Crippen molar-refractivity contribution in [3.05, 3.63) is 107 Å². The Kier molecular flexibility index (Phi) is 12.5. The molecule has 266 valence electrons. The third-order valence-electron chi connectivity index (χ3n) is 8.95. The Balaban J connectivity index is 1.25. The molecule has 1 aliphatic carbocycles. The number of anilines is 3. The van der Waals surface area contributed by atoms with E-state index >= 15 is 0 Å². The Morgan fingerprint density at radius 3 is 2.34 bits per heavy atom. The van der Waals surface area contributed by atoms with E-state index in [2.05, 4.69) is 27.9 Å². The number of hydrogen-bond acceptors (Lipinski definition) is 10. The Morgan fingerprint density at radius 1 is 1.00 bits per heavy atom. The SMILES string of the molecule is CCCCNc1ncc(C(=N)c2ccc(S(=O)(=O)N(C)c3ccc(C(O)NCCc4ccc(F)cc4)cc3)cc2)c(NC2CCC(O)CC2)n1. The quantitative estimate of drug-likeness (QED) is 0.0495. The number of nitrogens with zero attached hydrogens (tertiary/aromatic N) is 3. The van der Waals surface area contributed by atoms with Gasteiger partial charge < -0.3 is 20.8 Å². The highest BCUT2D eigenvalue weighted by Gasteiger charge is 2.24. The highest BCUT2D eigenvalue weighted by Crippen LogP contribution is 2.27. The molecule has 1 fully saturated rings. The molecule has 11 nitrogen and oxygen atoms in total. The molecule has 1 aliphatic rings. The Morgan fingerprint density at radius 2 is 1.68 bits per heavy atom. The number of aromatic nitrogens is 2. The van der Waals surface area contributed by atoms with Gasteiger partial charge in [0.1, 0.15) is 17.9 Å². The van der Waals surface area contributed by atoms with Crippen molar-refractivity contribution in [2.45, 2.75) is 75.1 Å². The van der Waals surface area contributed by atoms with Gasteiger partial charge >= 0.3 is 0 Å². The second-order valence-electron chi connectivity index (χ2n) is 12.6. The molecule has 6 N–H and O–H groups in total. The van der Waals surface area contributed by atoms with Crippen molar-refractivity contribution in [3.63, 3.8) is 0 Å². The Bertz CT molecular complexity index is 1820. The number of rotatable bonds is 16. The Hall–Kier alpha value is -4.43. The summed E-state index contributed by atoms with van der Waals surface area (Å²) < 4.78 is 41.5. The maximum Gasteiger partial charge on any atom is 0.264 e. The first kappa shape index (κ1) is 36.8. The minimum absolute atomic E-state index is 0.0638. The molecule has 4 aromatic rings. The van der Waals surface area contributed by atoms with Crippen LogP contribution in [0.15, 0.2) is 83.9 Å². The lowest BCUT2D eigenvalue weighted by Gasteiger charge is -2.27. The van der Waals surface area contributed by atoms with E-state index in [0.717, 1.165) is 37.8 Å². The molecule has 13 heteroatoms. The largest absolute Gasteiger partial charge is 0.393 e. The van der Waals surface area contributed by atoms with Gasteiger partial charge in [-0.15, -0.1) is 0 Å². The number of halogens is 1. The number of sulfonamides is 1. The van der Waals surface area contributed by atoms with Crippen molar-refractivity contribution in [2.75, 3.05) is 35.1 Å². The van der Waals surface area contributed by atoms with Gasteiger partial charge in [0.25, 0.3) is 10.0 Å². The molecule has 0 bridgehead atoms. The molecule has 1 aromatic heterocycles. The van der Waals surface area contributed by atoms with E-state index in [1.807, 2.05) is 0 Å². The molecule has 0 radical (unpaired) electrons. The van der Waals surface area contributed by atoms with E-state index in [-0.39, 0.29) is 28.6 Å². The first-order valence-corrected chi connectivity index (χ1v) is 18.5. The smallest absolute Gasteiger partial charge is 0.264 e. The van der Waals surface area contributed by atoms with Crippen LogP contribution in [0.1, 0.15) is 73.9 Å². The van der Waals surface area contributed by atoms with Crippen LogP contribution in [0.5, 0.6) is 0 Å². The number of nitrogens with one attached hydrogen (secondary N) is 4. The standard InChI is InChI=1S/C37H46FN7O4S/c1-3-4-22-41-37-42-24-33(35(44-37)43-29-13-17-31(46)18-14-29)34(39)26-9-19-32(20-10-26)50(48,49)45(2)30-15-7-27(8-16-30)36(47)40-23-21-25-5-11-28(38)12-6-25/h5-12,15-16,19-20,24,29,31,36,39-40,46-47H,3-4,13-14,17-18,21-23H2,1-2H3,(H2,41,42,43,44). The zero-order chi connectivity index (χ0) is 35.7. The first-order chi connectivity index (χ1) is 24.0. The minimum atomic E-state index is -3.94. The molecule has 0 spiro atoms. The lowest BCUT2D eigenvalue weighted by atomic mass is 9.93. The lowest BCUT2D eigenvalue weighted by molar-refractivity contribution is 0.126. The average molecular weight is 704 g/mol. The topological polar surface area (TPSA) is 164 Å². The van der Waals surface area contributed by atoms with Crippen LogP contribution in [0, 0.1) is 11.2 Å². The van der Waals surface area contributed by atoms with E-state index < -0.39 is 16.3 Å². The molecular formula is C37H46FN7O4S. The zero-order valence-corrected chi connectivity index (χ0v) is 29.3. The summed E-state index contributed by atoms with van der Waals surface area (Å²) in [4.78, 5) is 9.20. The second-order valence-corrected chi connectivity index (χ2v) is 14.6. The summed E-state index contributed by atoms with van der Waals surface area (Å²) in [5.41, 5.74) is 3.09. The van der Waals surface area contributed by atoms with Gasteiger partial charge in [-0.2, -0.15) is 4.98 Å². The van der Waals surface area contributed by atoms with Crippen molar-refractivity contribution >= 4 is 33.2 Å². The first-order valence-electron chi connectivity index (χ1n) is 17.0.